The van der Waals surface area contributed by atoms with E-state index in [-0.39, 0.29) is 18.1 Å². The number of hydrogen-bond donors (Lipinski definition) is 1. The van der Waals surface area contributed by atoms with Gasteiger partial charge in [0.25, 0.3) is 0 Å². The number of nitrogens with zero attached hydrogens (tertiary/aromatic N) is 2. The lowest BCUT2D eigenvalue weighted by molar-refractivity contribution is 0.126. The average molecular weight is 261 g/mol. The fraction of sp³-hybridized carbons (Fsp3) is 0.429. The molecule has 2 atom stereocenters. The summed E-state index contributed by atoms with van der Waals surface area (Å²) < 4.78 is 10.7. The molecule has 102 valence electrons. The zero-order valence-corrected chi connectivity index (χ0v) is 11.4. The van der Waals surface area contributed by atoms with E-state index in [2.05, 4.69) is 10.1 Å². The Morgan fingerprint density at radius 2 is 1.89 bits per heavy atom. The Balaban J connectivity index is 2.26. The van der Waals surface area contributed by atoms with Crippen molar-refractivity contribution in [2.75, 3.05) is 7.11 Å². The highest BCUT2D eigenvalue weighted by molar-refractivity contribution is 5.22. The smallest absolute Gasteiger partial charge is 0.243 e. The van der Waals surface area contributed by atoms with Crippen molar-refractivity contribution in [2.45, 2.75) is 26.0 Å². The normalized spacial score (nSPS) is 14.6. The lowest BCUT2D eigenvalue weighted by Gasteiger charge is -2.11. The molecule has 5 heteroatoms. The van der Waals surface area contributed by atoms with E-state index in [9.17, 15) is 0 Å². The van der Waals surface area contributed by atoms with Crippen molar-refractivity contribution in [1.82, 2.24) is 10.1 Å². The Labute approximate surface area is 112 Å². The minimum absolute atomic E-state index is 0.242. The number of benzene rings is 1. The molecule has 1 aromatic carbocycles. The molecule has 0 saturated carbocycles. The van der Waals surface area contributed by atoms with E-state index < -0.39 is 0 Å². The minimum atomic E-state index is -0.335. The second-order valence-corrected chi connectivity index (χ2v) is 4.79. The van der Waals surface area contributed by atoms with Gasteiger partial charge in [-0.05, 0) is 11.5 Å². The lowest BCUT2D eigenvalue weighted by atomic mass is 10.1. The van der Waals surface area contributed by atoms with Crippen LogP contribution in [0.5, 0.6) is 0 Å². The van der Waals surface area contributed by atoms with Crippen molar-refractivity contribution in [2.24, 2.45) is 11.7 Å². The van der Waals surface area contributed by atoms with E-state index in [0.717, 1.165) is 5.56 Å². The molecule has 1 aromatic heterocycles. The van der Waals surface area contributed by atoms with Gasteiger partial charge in [-0.3, -0.25) is 0 Å². The summed E-state index contributed by atoms with van der Waals surface area (Å²) in [5, 5.41) is 3.98. The average Bonchev–Trinajstić information content (AvgIpc) is 2.89. The quantitative estimate of drug-likeness (QED) is 0.894. The molecular weight excluding hydrogens is 242 g/mol. The van der Waals surface area contributed by atoms with Crippen LogP contribution in [-0.2, 0) is 4.74 Å². The maximum absolute atomic E-state index is 5.99. The Bertz CT molecular complexity index is 510. The van der Waals surface area contributed by atoms with Crippen LogP contribution in [0.25, 0.3) is 0 Å². The number of hydrogen-bond acceptors (Lipinski definition) is 5. The van der Waals surface area contributed by atoms with Crippen molar-refractivity contribution < 1.29 is 9.26 Å². The number of aromatic nitrogens is 2. The third-order valence-electron chi connectivity index (χ3n) is 3.03. The van der Waals surface area contributed by atoms with Gasteiger partial charge in [-0.1, -0.05) is 49.3 Å². The molecule has 0 saturated heterocycles. The molecule has 0 aliphatic rings. The predicted molar refractivity (Wildman–Crippen MR) is 71.4 cm³/mol. The van der Waals surface area contributed by atoms with Gasteiger partial charge in [-0.2, -0.15) is 4.98 Å². The molecule has 0 bridgehead atoms. The third kappa shape index (κ3) is 3.00. The molecule has 2 aromatic rings. The summed E-state index contributed by atoms with van der Waals surface area (Å²) in [4.78, 5) is 4.35. The van der Waals surface area contributed by atoms with E-state index in [1.54, 1.807) is 7.11 Å². The standard InChI is InChI=1S/C14H19N3O2/c1-9(2)11(15)14-16-13(17-19-14)12(18-3)10-7-5-4-6-8-10/h4-9,11-12H,15H2,1-3H3/t11-,12?/m0/s1. The van der Waals surface area contributed by atoms with Crippen molar-refractivity contribution in [3.05, 3.63) is 47.6 Å². The summed E-state index contributed by atoms with van der Waals surface area (Å²) >= 11 is 0. The molecule has 1 unspecified atom stereocenters. The first-order valence-corrected chi connectivity index (χ1v) is 6.30. The molecule has 2 rings (SSSR count). The van der Waals surface area contributed by atoms with Crippen LogP contribution in [-0.4, -0.2) is 17.3 Å². The fourth-order valence-electron chi connectivity index (χ4n) is 1.79. The van der Waals surface area contributed by atoms with Crippen LogP contribution in [0.15, 0.2) is 34.9 Å². The van der Waals surface area contributed by atoms with Crippen molar-refractivity contribution in [3.63, 3.8) is 0 Å². The molecule has 5 nitrogen and oxygen atoms in total. The molecule has 0 aliphatic heterocycles. The van der Waals surface area contributed by atoms with Crippen LogP contribution < -0.4 is 5.73 Å². The topological polar surface area (TPSA) is 74.2 Å². The summed E-state index contributed by atoms with van der Waals surface area (Å²) in [6.45, 7) is 4.03. The first-order valence-electron chi connectivity index (χ1n) is 6.30. The molecule has 0 aliphatic carbocycles. The molecule has 0 fully saturated rings. The minimum Gasteiger partial charge on any atom is -0.369 e. The largest absolute Gasteiger partial charge is 0.369 e. The first kappa shape index (κ1) is 13.7. The monoisotopic (exact) mass is 261 g/mol. The van der Waals surface area contributed by atoms with Crippen LogP contribution in [0.2, 0.25) is 0 Å². The van der Waals surface area contributed by atoms with Gasteiger partial charge in [-0.15, -0.1) is 0 Å². The zero-order chi connectivity index (χ0) is 13.8. The van der Waals surface area contributed by atoms with E-state index in [1.807, 2.05) is 44.2 Å². The molecule has 0 spiro atoms. The third-order valence-corrected chi connectivity index (χ3v) is 3.03. The van der Waals surface area contributed by atoms with E-state index in [4.69, 9.17) is 15.0 Å². The van der Waals surface area contributed by atoms with E-state index in [0.29, 0.717) is 11.7 Å². The number of rotatable bonds is 5. The summed E-state index contributed by atoms with van der Waals surface area (Å²) in [5.41, 5.74) is 6.98. The van der Waals surface area contributed by atoms with Gasteiger partial charge in [0.15, 0.2) is 0 Å². The predicted octanol–water partition coefficient (Wildman–Crippen LogP) is 2.46. The van der Waals surface area contributed by atoms with Gasteiger partial charge in [0.05, 0.1) is 6.04 Å². The second kappa shape index (κ2) is 5.95. The molecule has 2 N–H and O–H groups in total. The van der Waals surface area contributed by atoms with E-state index >= 15 is 0 Å². The zero-order valence-electron chi connectivity index (χ0n) is 11.4. The van der Waals surface area contributed by atoms with Crippen LogP contribution in [0, 0.1) is 5.92 Å². The summed E-state index contributed by atoms with van der Waals surface area (Å²) in [5.74, 6) is 1.19. The Kier molecular flexibility index (Phi) is 4.29. The molecule has 0 amide bonds. The lowest BCUT2D eigenvalue weighted by Crippen LogP contribution is -2.17. The Morgan fingerprint density at radius 3 is 2.47 bits per heavy atom. The second-order valence-electron chi connectivity index (χ2n) is 4.79. The number of methoxy groups -OCH3 is 1. The maximum atomic E-state index is 5.99. The van der Waals surface area contributed by atoms with Crippen molar-refractivity contribution in [3.8, 4) is 0 Å². The van der Waals surface area contributed by atoms with E-state index in [1.165, 1.54) is 0 Å². The molecule has 1 heterocycles. The summed E-state index contributed by atoms with van der Waals surface area (Å²) in [6.07, 6.45) is -0.335. The van der Waals surface area contributed by atoms with Crippen LogP contribution in [0.3, 0.4) is 0 Å². The number of ether oxygens (including phenoxy) is 1. The van der Waals surface area contributed by atoms with Crippen molar-refractivity contribution in [1.29, 1.82) is 0 Å². The maximum Gasteiger partial charge on any atom is 0.243 e. The highest BCUT2D eigenvalue weighted by Crippen LogP contribution is 2.25. The van der Waals surface area contributed by atoms with Gasteiger partial charge >= 0.3 is 0 Å². The van der Waals surface area contributed by atoms with Gasteiger partial charge < -0.3 is 15.0 Å². The molecule has 19 heavy (non-hydrogen) atoms. The van der Waals surface area contributed by atoms with Gasteiger partial charge in [0, 0.05) is 7.11 Å². The van der Waals surface area contributed by atoms with Crippen LogP contribution >= 0.6 is 0 Å². The van der Waals surface area contributed by atoms with Gasteiger partial charge in [0.1, 0.15) is 6.10 Å². The number of nitrogens with two attached hydrogens (primary N) is 1. The molecular formula is C14H19N3O2. The summed E-state index contributed by atoms with van der Waals surface area (Å²) in [7, 11) is 1.62. The SMILES string of the molecule is COC(c1ccccc1)c1noc([C@@H](N)C(C)C)n1. The van der Waals surface area contributed by atoms with Gasteiger partial charge in [-0.25, -0.2) is 0 Å². The van der Waals surface area contributed by atoms with Crippen LogP contribution in [0.1, 0.15) is 43.3 Å². The van der Waals surface area contributed by atoms with Gasteiger partial charge in [0.2, 0.25) is 11.7 Å². The highest BCUT2D eigenvalue weighted by Gasteiger charge is 2.23. The Morgan fingerprint density at radius 1 is 1.21 bits per heavy atom. The summed E-state index contributed by atoms with van der Waals surface area (Å²) in [6, 6.07) is 9.52. The molecule has 0 radical (unpaired) electrons. The fourth-order valence-corrected chi connectivity index (χ4v) is 1.79. The first-order chi connectivity index (χ1) is 9.13. The Hall–Kier alpha value is -1.72. The highest BCUT2D eigenvalue weighted by atomic mass is 16.5. The van der Waals surface area contributed by atoms with Crippen LogP contribution in [0.4, 0.5) is 0 Å². The van der Waals surface area contributed by atoms with Crippen molar-refractivity contribution >= 4 is 0 Å².